The Balaban J connectivity index is 1.57. The van der Waals surface area contributed by atoms with Crippen molar-refractivity contribution in [2.24, 2.45) is 4.99 Å². The second kappa shape index (κ2) is 10.5. The molecule has 7 nitrogen and oxygen atoms in total. The maximum Gasteiger partial charge on any atom is 0.363 e. The fourth-order valence-electron chi connectivity index (χ4n) is 3.80. The molecule has 0 saturated carbocycles. The molecule has 0 spiro atoms. The fraction of sp³-hybridized carbons (Fsp3) is 0.107. The number of benzene rings is 3. The third-order valence-corrected chi connectivity index (χ3v) is 6.85. The van der Waals surface area contributed by atoms with Crippen LogP contribution in [0.4, 0.5) is 0 Å². The number of para-hydroxylation sites is 1. The summed E-state index contributed by atoms with van der Waals surface area (Å²) in [5, 5.41) is 2.31. The zero-order valence-corrected chi connectivity index (χ0v) is 21.7. The number of fused-ring (bicyclic) bond motifs is 1. The number of aromatic nitrogens is 1. The molecule has 0 aliphatic carbocycles. The number of cyclic esters (lactones) is 1. The van der Waals surface area contributed by atoms with Crippen LogP contribution in [0, 0.1) is 0 Å². The SMILES string of the molecule is COc1cc(C2=NC(=Cc3cc4ccccc4nc3Sc3ccc(Cl)cc3)C(=O)O2)cc(OC)c1OC. The molecular weight excluding hydrogens is 512 g/mol. The molecule has 1 aliphatic rings. The summed E-state index contributed by atoms with van der Waals surface area (Å²) in [7, 11) is 4.55. The lowest BCUT2D eigenvalue weighted by Crippen LogP contribution is -2.07. The number of hydrogen-bond donors (Lipinski definition) is 0. The van der Waals surface area contributed by atoms with Crippen LogP contribution >= 0.6 is 23.4 Å². The summed E-state index contributed by atoms with van der Waals surface area (Å²) in [5.41, 5.74) is 2.25. The molecule has 3 aromatic carbocycles. The van der Waals surface area contributed by atoms with Crippen LogP contribution in [0.1, 0.15) is 11.1 Å². The highest BCUT2D eigenvalue weighted by atomic mass is 35.5. The zero-order valence-electron chi connectivity index (χ0n) is 20.2. The predicted octanol–water partition coefficient (Wildman–Crippen LogP) is 6.41. The zero-order chi connectivity index (χ0) is 25.9. The Labute approximate surface area is 222 Å². The second-order valence-corrected chi connectivity index (χ2v) is 9.38. The first-order valence-corrected chi connectivity index (χ1v) is 12.3. The van der Waals surface area contributed by atoms with Crippen LogP contribution in [-0.4, -0.2) is 38.2 Å². The normalized spacial score (nSPS) is 14.0. The molecule has 37 heavy (non-hydrogen) atoms. The Morgan fingerprint density at radius 2 is 1.62 bits per heavy atom. The van der Waals surface area contributed by atoms with Crippen molar-refractivity contribution in [3.05, 3.63) is 88.6 Å². The summed E-state index contributed by atoms with van der Waals surface area (Å²) in [6.07, 6.45) is 1.69. The maximum atomic E-state index is 12.8. The summed E-state index contributed by atoms with van der Waals surface area (Å²) in [6.45, 7) is 0. The average Bonchev–Trinajstić information content (AvgIpc) is 3.29. The van der Waals surface area contributed by atoms with Gasteiger partial charge < -0.3 is 18.9 Å². The van der Waals surface area contributed by atoms with E-state index in [0.717, 1.165) is 26.4 Å². The van der Waals surface area contributed by atoms with Gasteiger partial charge in [-0.05, 0) is 54.6 Å². The van der Waals surface area contributed by atoms with Crippen LogP contribution in [0.2, 0.25) is 5.02 Å². The molecular formula is C28H21ClN2O5S. The molecule has 2 heterocycles. The van der Waals surface area contributed by atoms with Gasteiger partial charge in [0.05, 0.1) is 26.8 Å². The van der Waals surface area contributed by atoms with Gasteiger partial charge in [0.1, 0.15) is 5.03 Å². The number of pyridine rings is 1. The minimum absolute atomic E-state index is 0.135. The van der Waals surface area contributed by atoms with Crippen molar-refractivity contribution >= 4 is 52.2 Å². The molecule has 0 atom stereocenters. The van der Waals surface area contributed by atoms with Gasteiger partial charge in [-0.2, -0.15) is 0 Å². The van der Waals surface area contributed by atoms with E-state index in [1.807, 2.05) is 54.6 Å². The van der Waals surface area contributed by atoms with Crippen LogP contribution in [0.15, 0.2) is 87.3 Å². The Bertz CT molecular complexity index is 1540. The van der Waals surface area contributed by atoms with Crippen molar-refractivity contribution in [2.45, 2.75) is 9.92 Å². The first-order valence-electron chi connectivity index (χ1n) is 11.1. The van der Waals surface area contributed by atoms with Gasteiger partial charge >= 0.3 is 5.97 Å². The first-order chi connectivity index (χ1) is 18.0. The third kappa shape index (κ3) is 5.12. The van der Waals surface area contributed by atoms with Crippen molar-refractivity contribution < 1.29 is 23.7 Å². The highest BCUT2D eigenvalue weighted by Crippen LogP contribution is 2.39. The van der Waals surface area contributed by atoms with Gasteiger partial charge in [0.2, 0.25) is 11.6 Å². The van der Waals surface area contributed by atoms with E-state index in [9.17, 15) is 4.79 Å². The lowest BCUT2D eigenvalue weighted by atomic mass is 10.1. The highest BCUT2D eigenvalue weighted by Gasteiger charge is 2.27. The van der Waals surface area contributed by atoms with Crippen molar-refractivity contribution in [2.75, 3.05) is 21.3 Å². The van der Waals surface area contributed by atoms with E-state index in [-0.39, 0.29) is 11.6 Å². The second-order valence-electron chi connectivity index (χ2n) is 7.88. The van der Waals surface area contributed by atoms with E-state index in [4.69, 9.17) is 35.5 Å². The van der Waals surface area contributed by atoms with Crippen molar-refractivity contribution in [3.8, 4) is 17.2 Å². The van der Waals surface area contributed by atoms with E-state index in [1.54, 1.807) is 18.2 Å². The number of esters is 1. The van der Waals surface area contributed by atoms with E-state index >= 15 is 0 Å². The molecule has 0 unspecified atom stereocenters. The number of rotatable bonds is 7. The van der Waals surface area contributed by atoms with Gasteiger partial charge in [0, 0.05) is 26.4 Å². The van der Waals surface area contributed by atoms with Crippen molar-refractivity contribution in [1.82, 2.24) is 4.98 Å². The lowest BCUT2D eigenvalue weighted by molar-refractivity contribution is -0.129. The maximum absolute atomic E-state index is 12.8. The van der Waals surface area contributed by atoms with Crippen LogP contribution in [0.25, 0.3) is 17.0 Å². The molecule has 4 aromatic rings. The predicted molar refractivity (Wildman–Crippen MR) is 144 cm³/mol. The summed E-state index contributed by atoms with van der Waals surface area (Å²) < 4.78 is 21.7. The molecule has 5 rings (SSSR count). The molecule has 0 amide bonds. The fourth-order valence-corrected chi connectivity index (χ4v) is 4.80. The average molecular weight is 533 g/mol. The lowest BCUT2D eigenvalue weighted by Gasteiger charge is -2.13. The highest BCUT2D eigenvalue weighted by molar-refractivity contribution is 7.99. The molecule has 1 aromatic heterocycles. The number of methoxy groups -OCH3 is 3. The molecule has 186 valence electrons. The number of carbonyl (C=O) groups is 1. The van der Waals surface area contributed by atoms with Gasteiger partial charge in [-0.3, -0.25) is 0 Å². The topological polar surface area (TPSA) is 79.2 Å². The van der Waals surface area contributed by atoms with Gasteiger partial charge in [-0.25, -0.2) is 14.8 Å². The minimum Gasteiger partial charge on any atom is -0.493 e. The van der Waals surface area contributed by atoms with Gasteiger partial charge in [0.15, 0.2) is 17.2 Å². The number of halogens is 1. The van der Waals surface area contributed by atoms with Crippen molar-refractivity contribution in [3.63, 3.8) is 0 Å². The van der Waals surface area contributed by atoms with Crippen LogP contribution in [0.3, 0.4) is 0 Å². The minimum atomic E-state index is -0.570. The molecule has 0 radical (unpaired) electrons. The molecule has 0 bridgehead atoms. The van der Waals surface area contributed by atoms with E-state index in [1.165, 1.54) is 33.1 Å². The molecule has 1 aliphatic heterocycles. The van der Waals surface area contributed by atoms with Gasteiger partial charge in [-0.15, -0.1) is 0 Å². The number of ether oxygens (including phenoxy) is 4. The van der Waals surface area contributed by atoms with Crippen molar-refractivity contribution in [1.29, 1.82) is 0 Å². The number of nitrogens with zero attached hydrogens (tertiary/aromatic N) is 2. The number of carbonyl (C=O) groups excluding carboxylic acids is 1. The first kappa shape index (κ1) is 24.7. The Morgan fingerprint density at radius 1 is 0.919 bits per heavy atom. The molecule has 0 N–H and O–H groups in total. The smallest absolute Gasteiger partial charge is 0.363 e. The summed E-state index contributed by atoms with van der Waals surface area (Å²) in [6, 6.07) is 20.6. The largest absolute Gasteiger partial charge is 0.493 e. The van der Waals surface area contributed by atoms with E-state index in [0.29, 0.717) is 27.8 Å². The third-order valence-electron chi connectivity index (χ3n) is 5.57. The monoisotopic (exact) mass is 532 g/mol. The standard InChI is InChI=1S/C28H21ClN2O5S/c1-33-23-14-17(15-24(34-2)25(23)35-3)26-30-22(28(32)36-26)13-18-12-16-6-4-5-7-21(16)31-27(18)37-20-10-8-19(29)9-11-20/h4-15H,1-3H3. The van der Waals surface area contributed by atoms with Gasteiger partial charge in [-0.1, -0.05) is 41.6 Å². The van der Waals surface area contributed by atoms with Crippen LogP contribution in [-0.2, 0) is 9.53 Å². The quantitative estimate of drug-likeness (QED) is 0.201. The Morgan fingerprint density at radius 3 is 2.30 bits per heavy atom. The summed E-state index contributed by atoms with van der Waals surface area (Å²) >= 11 is 7.52. The molecule has 0 saturated heterocycles. The summed E-state index contributed by atoms with van der Waals surface area (Å²) in [5.74, 6) is 0.845. The molecule has 9 heteroatoms. The van der Waals surface area contributed by atoms with E-state index in [2.05, 4.69) is 4.99 Å². The summed E-state index contributed by atoms with van der Waals surface area (Å²) in [4.78, 5) is 23.1. The Hall–Kier alpha value is -4.01. The van der Waals surface area contributed by atoms with Crippen LogP contribution < -0.4 is 14.2 Å². The van der Waals surface area contributed by atoms with Crippen LogP contribution in [0.5, 0.6) is 17.2 Å². The van der Waals surface area contributed by atoms with E-state index < -0.39 is 5.97 Å². The van der Waals surface area contributed by atoms with Gasteiger partial charge in [0.25, 0.3) is 0 Å². The molecule has 0 fully saturated rings. The Kier molecular flexibility index (Phi) is 7.03. The number of aliphatic imine (C=N–C) groups is 1. The number of hydrogen-bond acceptors (Lipinski definition) is 8.